The van der Waals surface area contributed by atoms with Crippen molar-refractivity contribution in [3.8, 4) is 11.3 Å². The summed E-state index contributed by atoms with van der Waals surface area (Å²) in [5, 5.41) is 0. The van der Waals surface area contributed by atoms with Crippen LogP contribution in [0.4, 0.5) is 5.82 Å². The van der Waals surface area contributed by atoms with Gasteiger partial charge in [-0.15, -0.1) is 0 Å². The third-order valence-corrected chi connectivity index (χ3v) is 3.11. The van der Waals surface area contributed by atoms with Crippen molar-refractivity contribution in [1.29, 1.82) is 0 Å². The van der Waals surface area contributed by atoms with E-state index in [-0.39, 0.29) is 0 Å². The Bertz CT molecular complexity index is 781. The molecule has 0 bridgehead atoms. The number of nitrogens with one attached hydrogen (secondary N) is 1. The molecule has 0 saturated heterocycles. The summed E-state index contributed by atoms with van der Waals surface area (Å²) in [5.41, 5.74) is 7.85. The van der Waals surface area contributed by atoms with Gasteiger partial charge >= 0.3 is 0 Å². The van der Waals surface area contributed by atoms with Crippen LogP contribution < -0.4 is 10.6 Å². The van der Waals surface area contributed by atoms with Crippen LogP contribution in [0.2, 0.25) is 0 Å². The normalized spacial score (nSPS) is 10.7. The lowest BCUT2D eigenvalue weighted by Gasteiger charge is -2.06. The molecule has 7 heteroatoms. The third kappa shape index (κ3) is 2.06. The Hall–Kier alpha value is -2.60. The number of benzene rings is 1. The lowest BCUT2D eigenvalue weighted by molar-refractivity contribution is 0.100. The Balaban J connectivity index is 2.11. The Labute approximate surface area is 119 Å². The molecule has 0 radical (unpaired) electrons. The van der Waals surface area contributed by atoms with Gasteiger partial charge in [0.05, 0.1) is 5.69 Å². The van der Waals surface area contributed by atoms with E-state index in [2.05, 4.69) is 14.8 Å². The van der Waals surface area contributed by atoms with Crippen LogP contribution >= 0.6 is 11.8 Å². The van der Waals surface area contributed by atoms with Crippen molar-refractivity contribution in [3.05, 3.63) is 48.4 Å². The highest BCUT2D eigenvalue weighted by atomic mass is 35.5. The van der Waals surface area contributed by atoms with Gasteiger partial charge < -0.3 is 10.1 Å². The molecule has 2 aromatic heterocycles. The summed E-state index contributed by atoms with van der Waals surface area (Å²) in [4.78, 5) is 22.1. The zero-order valence-corrected chi connectivity index (χ0v) is 11.0. The molecule has 3 aromatic rings. The highest BCUT2D eigenvalue weighted by Crippen LogP contribution is 2.22. The highest BCUT2D eigenvalue weighted by Gasteiger charge is 2.09. The van der Waals surface area contributed by atoms with Gasteiger partial charge in [-0.2, -0.15) is 0 Å². The SMILES string of the molecule is NC(=O)c1ccc(-c2cn3ccnc3c(NCl)n2)cc1. The van der Waals surface area contributed by atoms with E-state index in [1.54, 1.807) is 36.7 Å². The van der Waals surface area contributed by atoms with Gasteiger partial charge in [0.25, 0.3) is 0 Å². The summed E-state index contributed by atoms with van der Waals surface area (Å²) in [6, 6.07) is 6.88. The van der Waals surface area contributed by atoms with Gasteiger partial charge in [-0.1, -0.05) is 12.1 Å². The van der Waals surface area contributed by atoms with Gasteiger partial charge in [0.2, 0.25) is 5.91 Å². The predicted molar refractivity (Wildman–Crippen MR) is 76.4 cm³/mol. The summed E-state index contributed by atoms with van der Waals surface area (Å²) in [5.74, 6) is 0.00540. The number of aromatic nitrogens is 3. The molecule has 100 valence electrons. The average molecular weight is 288 g/mol. The molecule has 0 unspecified atom stereocenters. The first-order valence-corrected chi connectivity index (χ1v) is 6.17. The smallest absolute Gasteiger partial charge is 0.248 e. The summed E-state index contributed by atoms with van der Waals surface area (Å²) >= 11 is 5.66. The standard InChI is InChI=1S/C13H10ClN5O/c14-18-12-13-16-5-6-19(13)7-10(17-12)8-1-3-9(4-2-8)11(15)20/h1-7H,(H2,15,20)(H,17,18). The van der Waals surface area contributed by atoms with Crippen LogP contribution in [0.3, 0.4) is 0 Å². The number of halogens is 1. The molecule has 3 N–H and O–H groups in total. The van der Waals surface area contributed by atoms with Crippen LogP contribution in [-0.4, -0.2) is 20.3 Å². The molecule has 0 atom stereocenters. The van der Waals surface area contributed by atoms with Gasteiger partial charge in [0.15, 0.2) is 11.5 Å². The van der Waals surface area contributed by atoms with Crippen LogP contribution in [0.15, 0.2) is 42.9 Å². The van der Waals surface area contributed by atoms with E-state index < -0.39 is 5.91 Å². The average Bonchev–Trinajstić information content (AvgIpc) is 2.94. The fourth-order valence-electron chi connectivity index (χ4n) is 1.94. The van der Waals surface area contributed by atoms with Crippen molar-refractivity contribution in [2.45, 2.75) is 0 Å². The maximum atomic E-state index is 11.1. The minimum atomic E-state index is -0.460. The molecule has 0 aliphatic rings. The Morgan fingerprint density at radius 1 is 1.30 bits per heavy atom. The lowest BCUT2D eigenvalue weighted by Crippen LogP contribution is -2.10. The second kappa shape index (κ2) is 4.82. The second-order valence-corrected chi connectivity index (χ2v) is 4.36. The fraction of sp³-hybridized carbons (Fsp3) is 0. The quantitative estimate of drug-likeness (QED) is 0.722. The van der Waals surface area contributed by atoms with E-state index in [1.165, 1.54) is 0 Å². The van der Waals surface area contributed by atoms with Gasteiger partial charge in [-0.3, -0.25) is 9.63 Å². The van der Waals surface area contributed by atoms with E-state index in [0.29, 0.717) is 22.7 Å². The van der Waals surface area contributed by atoms with Crippen molar-refractivity contribution in [2.75, 3.05) is 4.84 Å². The summed E-state index contributed by atoms with van der Waals surface area (Å²) in [7, 11) is 0. The van der Waals surface area contributed by atoms with Crippen LogP contribution in [0.5, 0.6) is 0 Å². The topological polar surface area (TPSA) is 85.3 Å². The number of amides is 1. The predicted octanol–water partition coefficient (Wildman–Crippen LogP) is 2.06. The van der Waals surface area contributed by atoms with E-state index in [0.717, 1.165) is 5.56 Å². The second-order valence-electron chi connectivity index (χ2n) is 4.17. The van der Waals surface area contributed by atoms with Crippen molar-refractivity contribution in [2.24, 2.45) is 5.73 Å². The van der Waals surface area contributed by atoms with Gasteiger partial charge in [-0.05, 0) is 12.1 Å². The number of anilines is 1. The minimum Gasteiger partial charge on any atom is -0.366 e. The molecular weight excluding hydrogens is 278 g/mol. The third-order valence-electron chi connectivity index (χ3n) is 2.93. The van der Waals surface area contributed by atoms with Crippen molar-refractivity contribution in [1.82, 2.24) is 14.4 Å². The van der Waals surface area contributed by atoms with Gasteiger partial charge in [0.1, 0.15) is 0 Å². The number of fused-ring (bicyclic) bond motifs is 1. The molecular formula is C13H10ClN5O. The molecule has 1 amide bonds. The molecule has 3 rings (SSSR count). The number of rotatable bonds is 3. The Morgan fingerprint density at radius 3 is 2.70 bits per heavy atom. The molecule has 0 spiro atoms. The monoisotopic (exact) mass is 287 g/mol. The number of hydrogen-bond donors (Lipinski definition) is 2. The molecule has 1 aromatic carbocycles. The first-order valence-electron chi connectivity index (χ1n) is 5.79. The number of primary amides is 1. The molecule has 0 saturated carbocycles. The zero-order chi connectivity index (χ0) is 14.1. The zero-order valence-electron chi connectivity index (χ0n) is 10.2. The number of imidazole rings is 1. The minimum absolute atomic E-state index is 0.452. The molecule has 0 aliphatic carbocycles. The van der Waals surface area contributed by atoms with Crippen LogP contribution in [0.1, 0.15) is 10.4 Å². The highest BCUT2D eigenvalue weighted by molar-refractivity contribution is 6.24. The van der Waals surface area contributed by atoms with E-state index in [1.807, 2.05) is 10.6 Å². The van der Waals surface area contributed by atoms with Crippen molar-refractivity contribution < 1.29 is 4.79 Å². The largest absolute Gasteiger partial charge is 0.366 e. The van der Waals surface area contributed by atoms with E-state index in [9.17, 15) is 4.79 Å². The van der Waals surface area contributed by atoms with Crippen LogP contribution in [0.25, 0.3) is 16.9 Å². The van der Waals surface area contributed by atoms with Crippen molar-refractivity contribution >= 4 is 29.1 Å². The molecule has 0 aliphatic heterocycles. The molecule has 6 nitrogen and oxygen atoms in total. The summed E-state index contributed by atoms with van der Waals surface area (Å²) in [6.45, 7) is 0. The van der Waals surface area contributed by atoms with Crippen molar-refractivity contribution in [3.63, 3.8) is 0 Å². The van der Waals surface area contributed by atoms with Gasteiger partial charge in [-0.25, -0.2) is 9.97 Å². The Kier molecular flexibility index (Phi) is 3.00. The number of hydrogen-bond acceptors (Lipinski definition) is 4. The van der Waals surface area contributed by atoms with E-state index in [4.69, 9.17) is 17.5 Å². The molecule has 0 fully saturated rings. The molecule has 2 heterocycles. The van der Waals surface area contributed by atoms with Crippen LogP contribution in [0, 0.1) is 0 Å². The van der Waals surface area contributed by atoms with E-state index >= 15 is 0 Å². The molecule has 20 heavy (non-hydrogen) atoms. The lowest BCUT2D eigenvalue weighted by atomic mass is 10.1. The fourth-order valence-corrected chi connectivity index (χ4v) is 2.07. The number of nitrogens with zero attached hydrogens (tertiary/aromatic N) is 3. The number of carbonyl (C=O) groups excluding carboxylic acids is 1. The maximum Gasteiger partial charge on any atom is 0.248 e. The van der Waals surface area contributed by atoms with Crippen LogP contribution in [-0.2, 0) is 0 Å². The first-order chi connectivity index (χ1) is 9.69. The Morgan fingerprint density at radius 2 is 2.05 bits per heavy atom. The number of carbonyl (C=O) groups is 1. The van der Waals surface area contributed by atoms with Gasteiger partial charge in [0, 0.05) is 41.5 Å². The number of nitrogens with two attached hydrogens (primary N) is 1. The summed E-state index contributed by atoms with van der Waals surface area (Å²) in [6.07, 6.45) is 5.30. The maximum absolute atomic E-state index is 11.1. The first kappa shape index (κ1) is 12.4. The summed E-state index contributed by atoms with van der Waals surface area (Å²) < 4.78 is 1.81.